The molecule has 1 aliphatic carbocycles. The topological polar surface area (TPSA) is 20.2 Å². The predicted octanol–water partition coefficient (Wildman–Crippen LogP) is 3.40. The zero-order chi connectivity index (χ0) is 11.4. The Morgan fingerprint density at radius 2 is 1.94 bits per heavy atom. The van der Waals surface area contributed by atoms with Crippen molar-refractivity contribution in [2.45, 2.75) is 45.1 Å². The zero-order valence-corrected chi connectivity index (χ0v) is 9.95. The second-order valence-electron chi connectivity index (χ2n) is 4.80. The molecule has 1 aliphatic rings. The summed E-state index contributed by atoms with van der Waals surface area (Å²) in [6, 6.07) is 8.69. The van der Waals surface area contributed by atoms with Gasteiger partial charge in [-0.3, -0.25) is 0 Å². The van der Waals surface area contributed by atoms with Crippen LogP contribution in [0.3, 0.4) is 0 Å². The molecule has 1 nitrogen and oxygen atoms in total. The number of benzene rings is 1. The molecule has 0 radical (unpaired) electrons. The lowest BCUT2D eigenvalue weighted by molar-refractivity contribution is 0.211. The van der Waals surface area contributed by atoms with Gasteiger partial charge in [0, 0.05) is 0 Å². The molecule has 0 bridgehead atoms. The molecule has 0 spiro atoms. The Morgan fingerprint density at radius 1 is 1.19 bits per heavy atom. The highest BCUT2D eigenvalue weighted by molar-refractivity contribution is 5.26. The maximum absolute atomic E-state index is 9.71. The largest absolute Gasteiger partial charge is 0.389 e. The first-order chi connectivity index (χ1) is 7.74. The van der Waals surface area contributed by atoms with Crippen LogP contribution in [0.1, 0.15) is 36.8 Å². The number of allylic oxidation sites excluding steroid dienone is 1. The van der Waals surface area contributed by atoms with Crippen LogP contribution in [0.25, 0.3) is 0 Å². The van der Waals surface area contributed by atoms with Crippen molar-refractivity contribution in [1.82, 2.24) is 0 Å². The van der Waals surface area contributed by atoms with E-state index < -0.39 is 0 Å². The van der Waals surface area contributed by atoms with Crippen molar-refractivity contribution in [3.63, 3.8) is 0 Å². The van der Waals surface area contributed by atoms with Crippen molar-refractivity contribution >= 4 is 0 Å². The minimum atomic E-state index is -0.219. The van der Waals surface area contributed by atoms with Crippen LogP contribution >= 0.6 is 0 Å². The molecular formula is C15H20O. The number of aliphatic hydroxyl groups is 1. The summed E-state index contributed by atoms with van der Waals surface area (Å²) in [6.07, 6.45) is 7.28. The Balaban J connectivity index is 2.05. The quantitative estimate of drug-likeness (QED) is 0.751. The first kappa shape index (κ1) is 11.4. The lowest BCUT2D eigenvalue weighted by Gasteiger charge is -2.07. The van der Waals surface area contributed by atoms with Gasteiger partial charge in [0.05, 0.1) is 6.10 Å². The van der Waals surface area contributed by atoms with E-state index in [2.05, 4.69) is 37.3 Å². The Kier molecular flexibility index (Phi) is 3.79. The normalized spacial score (nSPS) is 21.4. The monoisotopic (exact) mass is 216 g/mol. The average Bonchev–Trinajstić information content (AvgIpc) is 2.46. The first-order valence-electron chi connectivity index (χ1n) is 6.17. The van der Waals surface area contributed by atoms with Gasteiger partial charge in [-0.05, 0) is 38.2 Å². The van der Waals surface area contributed by atoms with Crippen LogP contribution in [0, 0.1) is 6.92 Å². The molecule has 2 rings (SSSR count). The Labute approximate surface area is 97.8 Å². The number of hydrogen-bond donors (Lipinski definition) is 1. The van der Waals surface area contributed by atoms with E-state index in [-0.39, 0.29) is 6.10 Å². The fourth-order valence-corrected chi connectivity index (χ4v) is 2.26. The summed E-state index contributed by atoms with van der Waals surface area (Å²) in [6.45, 7) is 2.11. The Morgan fingerprint density at radius 3 is 2.69 bits per heavy atom. The van der Waals surface area contributed by atoms with E-state index in [0.29, 0.717) is 0 Å². The summed E-state index contributed by atoms with van der Waals surface area (Å²) in [5, 5.41) is 9.71. The third-order valence-electron chi connectivity index (χ3n) is 3.23. The van der Waals surface area contributed by atoms with Crippen LogP contribution in [-0.2, 0) is 6.42 Å². The molecule has 1 N–H and O–H groups in total. The van der Waals surface area contributed by atoms with E-state index in [1.807, 2.05) is 0 Å². The third-order valence-corrected chi connectivity index (χ3v) is 3.23. The van der Waals surface area contributed by atoms with Crippen molar-refractivity contribution in [2.75, 3.05) is 0 Å². The van der Waals surface area contributed by atoms with Crippen molar-refractivity contribution in [2.24, 2.45) is 0 Å². The van der Waals surface area contributed by atoms with E-state index in [9.17, 15) is 5.11 Å². The van der Waals surface area contributed by atoms with Crippen molar-refractivity contribution in [1.29, 1.82) is 0 Å². The molecule has 16 heavy (non-hydrogen) atoms. The van der Waals surface area contributed by atoms with Gasteiger partial charge in [-0.2, -0.15) is 0 Å². The van der Waals surface area contributed by atoms with E-state index >= 15 is 0 Å². The number of aliphatic hydroxyl groups excluding tert-OH is 1. The van der Waals surface area contributed by atoms with Gasteiger partial charge in [0.2, 0.25) is 0 Å². The van der Waals surface area contributed by atoms with Gasteiger partial charge in [-0.15, -0.1) is 0 Å². The third kappa shape index (κ3) is 3.21. The van der Waals surface area contributed by atoms with E-state index in [0.717, 1.165) is 25.7 Å². The molecule has 1 unspecified atom stereocenters. The zero-order valence-electron chi connectivity index (χ0n) is 9.95. The van der Waals surface area contributed by atoms with Crippen molar-refractivity contribution in [3.8, 4) is 0 Å². The number of hydrogen-bond acceptors (Lipinski definition) is 1. The number of aryl methyl sites for hydroxylation is 1. The van der Waals surface area contributed by atoms with Gasteiger partial charge in [-0.25, -0.2) is 0 Å². The lowest BCUT2D eigenvalue weighted by Crippen LogP contribution is -2.01. The van der Waals surface area contributed by atoms with Crippen LogP contribution in [0.15, 0.2) is 35.9 Å². The van der Waals surface area contributed by atoms with Gasteiger partial charge in [0.25, 0.3) is 0 Å². The molecule has 1 heteroatoms. The van der Waals surface area contributed by atoms with Crippen LogP contribution in [0.5, 0.6) is 0 Å². The fourth-order valence-electron chi connectivity index (χ4n) is 2.26. The Hall–Kier alpha value is -1.08. The highest BCUT2D eigenvalue weighted by Gasteiger charge is 2.09. The standard InChI is InChI=1S/C15H20O/c1-12-6-8-13(9-7-12)10-14-4-2-3-5-15(16)11-14/h6-9,11,15-16H,2-5,10H2,1H3. The fraction of sp³-hybridized carbons (Fsp3) is 0.467. The van der Waals surface area contributed by atoms with Crippen molar-refractivity contribution in [3.05, 3.63) is 47.0 Å². The first-order valence-corrected chi connectivity index (χ1v) is 6.17. The molecule has 0 saturated carbocycles. The summed E-state index contributed by atoms with van der Waals surface area (Å²) < 4.78 is 0. The Bertz CT molecular complexity index is 362. The molecule has 0 aliphatic heterocycles. The van der Waals surface area contributed by atoms with Gasteiger partial charge >= 0.3 is 0 Å². The van der Waals surface area contributed by atoms with Crippen LogP contribution < -0.4 is 0 Å². The smallest absolute Gasteiger partial charge is 0.0723 e. The average molecular weight is 216 g/mol. The highest BCUT2D eigenvalue weighted by atomic mass is 16.3. The molecule has 0 amide bonds. The van der Waals surface area contributed by atoms with E-state index in [4.69, 9.17) is 0 Å². The van der Waals surface area contributed by atoms with Gasteiger partial charge in [0.15, 0.2) is 0 Å². The maximum Gasteiger partial charge on any atom is 0.0723 e. The molecule has 1 aromatic rings. The maximum atomic E-state index is 9.71. The summed E-state index contributed by atoms with van der Waals surface area (Å²) in [5.41, 5.74) is 4.05. The summed E-state index contributed by atoms with van der Waals surface area (Å²) >= 11 is 0. The molecule has 1 aromatic carbocycles. The molecular weight excluding hydrogens is 196 g/mol. The second kappa shape index (κ2) is 5.31. The highest BCUT2D eigenvalue weighted by Crippen LogP contribution is 2.21. The van der Waals surface area contributed by atoms with Crippen LogP contribution in [0.2, 0.25) is 0 Å². The van der Waals surface area contributed by atoms with E-state index in [1.165, 1.54) is 23.1 Å². The molecule has 0 saturated heterocycles. The predicted molar refractivity (Wildman–Crippen MR) is 67.4 cm³/mol. The second-order valence-corrected chi connectivity index (χ2v) is 4.80. The van der Waals surface area contributed by atoms with Crippen LogP contribution in [-0.4, -0.2) is 11.2 Å². The summed E-state index contributed by atoms with van der Waals surface area (Å²) in [5.74, 6) is 0. The number of rotatable bonds is 2. The molecule has 1 atom stereocenters. The molecule has 86 valence electrons. The van der Waals surface area contributed by atoms with Crippen LogP contribution in [0.4, 0.5) is 0 Å². The minimum Gasteiger partial charge on any atom is -0.389 e. The van der Waals surface area contributed by atoms with E-state index in [1.54, 1.807) is 0 Å². The molecule has 0 fully saturated rings. The lowest BCUT2D eigenvalue weighted by atomic mass is 10.0. The minimum absolute atomic E-state index is 0.219. The van der Waals surface area contributed by atoms with Gasteiger partial charge in [-0.1, -0.05) is 47.9 Å². The van der Waals surface area contributed by atoms with Gasteiger partial charge < -0.3 is 5.11 Å². The van der Waals surface area contributed by atoms with Gasteiger partial charge in [0.1, 0.15) is 0 Å². The molecule has 0 heterocycles. The summed E-state index contributed by atoms with van der Waals surface area (Å²) in [4.78, 5) is 0. The molecule has 0 aromatic heterocycles. The summed E-state index contributed by atoms with van der Waals surface area (Å²) in [7, 11) is 0. The SMILES string of the molecule is Cc1ccc(CC2=CC(O)CCCC2)cc1. The van der Waals surface area contributed by atoms with Crippen molar-refractivity contribution < 1.29 is 5.11 Å².